The molecule has 6 saturated carbocycles. The minimum Gasteiger partial charge on any atom is -0.451 e. The Morgan fingerprint density at radius 2 is 0.649 bits per heavy atom. The summed E-state index contributed by atoms with van der Waals surface area (Å²) in [7, 11) is 0. The van der Waals surface area contributed by atoms with Crippen LogP contribution in [0, 0.1) is 71.0 Å². The Morgan fingerprint density at radius 1 is 0.432 bits per heavy atom. The van der Waals surface area contributed by atoms with E-state index in [2.05, 4.69) is 41.5 Å². The third kappa shape index (κ3) is 5.64. The zero-order valence-corrected chi connectivity index (χ0v) is 26.1. The molecule has 6 fully saturated rings. The van der Waals surface area contributed by atoms with Crippen molar-refractivity contribution in [2.24, 2.45) is 71.0 Å². The van der Waals surface area contributed by atoms with Crippen molar-refractivity contribution >= 4 is 15.1 Å². The Hall–Kier alpha value is 0.412. The highest BCUT2D eigenvalue weighted by Crippen LogP contribution is 2.61. The van der Waals surface area contributed by atoms with Gasteiger partial charge < -0.3 is 11.4 Å². The summed E-state index contributed by atoms with van der Waals surface area (Å²) in [5, 5.41) is 0. The predicted octanol–water partition coefficient (Wildman–Crippen LogP) is 8.40. The van der Waals surface area contributed by atoms with Gasteiger partial charge in [0.2, 0.25) is 0 Å². The van der Waals surface area contributed by atoms with E-state index >= 15 is 0 Å². The number of hydrogen-bond acceptors (Lipinski definition) is 3. The Kier molecular flexibility index (Phi) is 8.46. The van der Waals surface area contributed by atoms with Crippen molar-refractivity contribution in [1.82, 2.24) is 0 Å². The molecular weight excluding hydrogens is 471 g/mol. The van der Waals surface area contributed by atoms with Crippen LogP contribution in [0.25, 0.3) is 0 Å². The molecule has 0 aromatic rings. The highest BCUT2D eigenvalue weighted by molar-refractivity contribution is 6.36. The molecule has 9 unspecified atom stereocenters. The molecule has 0 aromatic carbocycles. The quantitative estimate of drug-likeness (QED) is 0.167. The van der Waals surface area contributed by atoms with Crippen LogP contribution in [-0.4, -0.2) is 33.5 Å². The summed E-state index contributed by atoms with van der Waals surface area (Å²) < 4.78 is 21.9. The summed E-state index contributed by atoms with van der Waals surface area (Å²) in [4.78, 5) is 0. The van der Waals surface area contributed by atoms with E-state index in [4.69, 9.17) is 11.4 Å². The molecular formula is C33H57AlO3. The maximum absolute atomic E-state index is 7.31. The number of rotatable bonds is 18. The van der Waals surface area contributed by atoms with Crippen molar-refractivity contribution < 1.29 is 11.4 Å². The minimum absolute atomic E-state index is 0.414. The van der Waals surface area contributed by atoms with Crippen molar-refractivity contribution in [1.29, 1.82) is 0 Å². The zero-order valence-electron chi connectivity index (χ0n) is 24.9. The van der Waals surface area contributed by atoms with Gasteiger partial charge in [0.25, 0.3) is 0 Å². The van der Waals surface area contributed by atoms with Gasteiger partial charge in [-0.3, -0.25) is 0 Å². The second-order valence-corrected chi connectivity index (χ2v) is 15.7. The van der Waals surface area contributed by atoms with Crippen LogP contribution in [0.15, 0.2) is 0 Å². The Bertz CT molecular complexity index is 633. The molecule has 3 nitrogen and oxygen atoms in total. The summed E-state index contributed by atoms with van der Waals surface area (Å²) in [6.45, 7) is 14.4. The molecule has 0 radical (unpaired) electrons. The van der Waals surface area contributed by atoms with Crippen molar-refractivity contribution in [3.63, 3.8) is 0 Å². The minimum atomic E-state index is -2.23. The molecule has 9 atom stereocenters. The lowest BCUT2D eigenvalue weighted by molar-refractivity contribution is -0.0286. The normalized spacial score (nSPS) is 42.8. The molecule has 6 rings (SSSR count). The lowest BCUT2D eigenvalue weighted by Crippen LogP contribution is -2.43. The first-order chi connectivity index (χ1) is 18.1. The molecule has 6 aliphatic carbocycles. The third-order valence-corrected chi connectivity index (χ3v) is 13.8. The van der Waals surface area contributed by atoms with E-state index in [9.17, 15) is 0 Å². The van der Waals surface area contributed by atoms with Gasteiger partial charge in [-0.25, -0.2) is 0 Å². The van der Waals surface area contributed by atoms with Crippen molar-refractivity contribution in [2.75, 3.05) is 0 Å². The molecule has 37 heavy (non-hydrogen) atoms. The van der Waals surface area contributed by atoms with Gasteiger partial charge in [-0.2, -0.15) is 0 Å². The molecule has 4 heteroatoms. The zero-order chi connectivity index (χ0) is 25.8. The summed E-state index contributed by atoms with van der Waals surface area (Å²) in [5.41, 5.74) is 0. The Labute approximate surface area is 233 Å². The first kappa shape index (κ1) is 27.6. The van der Waals surface area contributed by atoms with Gasteiger partial charge in [0, 0.05) is 18.3 Å². The SMILES string of the molecule is CCC1C(CC)C1C([O][Al]([O]C(C1CC1)C1C(CC)C1CC)[O]C(C1CC1)C1C(CC)C1CC)C1CC1. The van der Waals surface area contributed by atoms with Gasteiger partial charge in [0.1, 0.15) is 0 Å². The monoisotopic (exact) mass is 528 g/mol. The van der Waals surface area contributed by atoms with Crippen LogP contribution in [0.4, 0.5) is 0 Å². The molecule has 0 saturated heterocycles. The van der Waals surface area contributed by atoms with Crippen LogP contribution < -0.4 is 0 Å². The number of hydrogen-bond donors (Lipinski definition) is 0. The van der Waals surface area contributed by atoms with E-state index in [1.807, 2.05) is 0 Å². The van der Waals surface area contributed by atoms with Crippen LogP contribution in [0.5, 0.6) is 0 Å². The van der Waals surface area contributed by atoms with E-state index in [-0.39, 0.29) is 0 Å². The first-order valence-corrected chi connectivity index (χ1v) is 18.5. The fourth-order valence-corrected chi connectivity index (χ4v) is 11.8. The highest BCUT2D eigenvalue weighted by atomic mass is 27.3. The average molecular weight is 529 g/mol. The Morgan fingerprint density at radius 3 is 0.811 bits per heavy atom. The van der Waals surface area contributed by atoms with E-state index < -0.39 is 15.1 Å². The van der Waals surface area contributed by atoms with Crippen molar-refractivity contribution in [3.05, 3.63) is 0 Å². The molecule has 0 heterocycles. The van der Waals surface area contributed by atoms with Crippen LogP contribution in [0.1, 0.15) is 119 Å². The maximum atomic E-state index is 7.31. The summed E-state index contributed by atoms with van der Waals surface area (Å²) in [6.07, 6.45) is 17.3. The van der Waals surface area contributed by atoms with Crippen LogP contribution in [-0.2, 0) is 11.4 Å². The smallest absolute Gasteiger partial charge is 0.451 e. The largest absolute Gasteiger partial charge is 0.906 e. The van der Waals surface area contributed by atoms with E-state index in [1.54, 1.807) is 0 Å². The topological polar surface area (TPSA) is 27.7 Å². The molecule has 210 valence electrons. The molecule has 0 N–H and O–H groups in total. The first-order valence-electron chi connectivity index (χ1n) is 17.1. The second-order valence-electron chi connectivity index (χ2n) is 14.3. The van der Waals surface area contributed by atoms with Crippen LogP contribution in [0.2, 0.25) is 0 Å². The van der Waals surface area contributed by atoms with Crippen LogP contribution in [0.3, 0.4) is 0 Å². The lowest BCUT2D eigenvalue weighted by atomic mass is 10.1. The molecule has 0 amide bonds. The highest BCUT2D eigenvalue weighted by Gasteiger charge is 2.63. The van der Waals surface area contributed by atoms with Gasteiger partial charge in [-0.15, -0.1) is 0 Å². The lowest BCUT2D eigenvalue weighted by Gasteiger charge is -2.30. The Balaban J connectivity index is 1.22. The van der Waals surface area contributed by atoms with E-state index in [0.717, 1.165) is 71.0 Å². The van der Waals surface area contributed by atoms with E-state index in [1.165, 1.54) is 77.0 Å². The third-order valence-electron chi connectivity index (χ3n) is 12.2. The van der Waals surface area contributed by atoms with Crippen molar-refractivity contribution in [3.8, 4) is 0 Å². The molecule has 0 aliphatic heterocycles. The summed E-state index contributed by atoms with van der Waals surface area (Å²) in [5.74, 6) is 9.87. The second kappa shape index (κ2) is 11.4. The fourth-order valence-electron chi connectivity index (χ4n) is 9.64. The molecule has 0 bridgehead atoms. The molecule has 0 spiro atoms. The average Bonchev–Trinajstić information content (AvgIpc) is 3.75. The van der Waals surface area contributed by atoms with Crippen molar-refractivity contribution in [2.45, 2.75) is 137 Å². The fraction of sp³-hybridized carbons (Fsp3) is 1.00. The molecule has 6 aliphatic rings. The standard InChI is InChI=1S/3C11H19O.Al/c3*1-3-8-9(4-2)10(8)11(12)7-5-6-7;/h3*7-11H,3-6H2,1-2H3;/q3*-1;+3. The van der Waals surface area contributed by atoms with Gasteiger partial charge in [0.15, 0.2) is 0 Å². The van der Waals surface area contributed by atoms with Gasteiger partial charge >= 0.3 is 15.1 Å². The van der Waals surface area contributed by atoms with Gasteiger partial charge in [-0.05, 0) is 110 Å². The molecule has 0 aromatic heterocycles. The van der Waals surface area contributed by atoms with Gasteiger partial charge in [0.05, 0.1) is 0 Å². The maximum Gasteiger partial charge on any atom is 0.906 e. The van der Waals surface area contributed by atoms with Crippen LogP contribution >= 0.6 is 0 Å². The summed E-state index contributed by atoms with van der Waals surface area (Å²) in [6, 6.07) is 0. The predicted molar refractivity (Wildman–Crippen MR) is 152 cm³/mol. The van der Waals surface area contributed by atoms with Gasteiger partial charge in [-0.1, -0.05) is 80.1 Å². The van der Waals surface area contributed by atoms with E-state index in [0.29, 0.717) is 18.3 Å². The summed E-state index contributed by atoms with van der Waals surface area (Å²) >= 11 is -2.23.